The fraction of sp³-hybridized carbons (Fsp3) is 0.652. The summed E-state index contributed by atoms with van der Waals surface area (Å²) in [5.41, 5.74) is -1.22. The number of cyclic esters (lactones) is 1. The summed E-state index contributed by atoms with van der Waals surface area (Å²) in [6.45, 7) is 3.64. The van der Waals surface area contributed by atoms with Crippen molar-refractivity contribution in [3.8, 4) is 0 Å². The van der Waals surface area contributed by atoms with E-state index in [0.29, 0.717) is 24.8 Å². The molecule has 1 aliphatic carbocycles. The molecule has 0 unspecified atom stereocenters. The zero-order valence-electron chi connectivity index (χ0n) is 19.0. The van der Waals surface area contributed by atoms with Crippen molar-refractivity contribution in [3.05, 3.63) is 24.2 Å². The van der Waals surface area contributed by atoms with Crippen LogP contribution in [0.25, 0.3) is 0 Å². The molecule has 2 aliphatic rings. The van der Waals surface area contributed by atoms with Crippen molar-refractivity contribution in [3.63, 3.8) is 0 Å². The lowest BCUT2D eigenvalue weighted by Crippen LogP contribution is -2.60. The summed E-state index contributed by atoms with van der Waals surface area (Å²) < 4.78 is 25.8. The molecule has 2 fully saturated rings. The summed E-state index contributed by atoms with van der Waals surface area (Å²) in [4.78, 5) is 51.3. The van der Waals surface area contributed by atoms with E-state index >= 15 is 0 Å². The second kappa shape index (κ2) is 8.96. The fourth-order valence-electron chi connectivity index (χ4n) is 5.85. The number of esters is 4. The number of methoxy groups -OCH3 is 3. The molecule has 9 heteroatoms. The van der Waals surface area contributed by atoms with Gasteiger partial charge < -0.3 is 23.4 Å². The number of fused-ring (bicyclic) bond motifs is 1. The number of ether oxygens (including phenoxy) is 4. The molecule has 0 amide bonds. The summed E-state index contributed by atoms with van der Waals surface area (Å²) in [5, 5.41) is 0. The molecule has 0 radical (unpaired) electrons. The normalized spacial score (nSPS) is 32.8. The monoisotopic (exact) mass is 450 g/mol. The van der Waals surface area contributed by atoms with E-state index in [-0.39, 0.29) is 6.42 Å². The van der Waals surface area contributed by atoms with Gasteiger partial charge in [-0.1, -0.05) is 13.8 Å². The van der Waals surface area contributed by atoms with E-state index in [0.717, 1.165) is 0 Å². The highest BCUT2D eigenvalue weighted by molar-refractivity contribution is 5.84. The molecule has 0 bridgehead atoms. The number of carbonyl (C=O) groups excluding carboxylic acids is 4. The molecule has 0 spiro atoms. The van der Waals surface area contributed by atoms with Gasteiger partial charge in [-0.05, 0) is 36.2 Å². The zero-order chi connectivity index (χ0) is 23.7. The average Bonchev–Trinajstić information content (AvgIpc) is 3.30. The van der Waals surface area contributed by atoms with E-state index in [1.807, 2.05) is 6.92 Å². The van der Waals surface area contributed by atoms with Crippen LogP contribution in [0.5, 0.6) is 0 Å². The Labute approximate surface area is 186 Å². The van der Waals surface area contributed by atoms with Gasteiger partial charge in [-0.15, -0.1) is 0 Å². The minimum atomic E-state index is -1.02. The first-order valence-corrected chi connectivity index (χ1v) is 10.6. The third-order valence-corrected chi connectivity index (χ3v) is 7.49. The van der Waals surface area contributed by atoms with Crippen molar-refractivity contribution in [2.45, 2.75) is 45.6 Å². The smallest absolute Gasteiger partial charge is 0.310 e. The van der Waals surface area contributed by atoms with Gasteiger partial charge in [-0.25, -0.2) is 0 Å². The number of furan rings is 1. The Morgan fingerprint density at radius 2 is 1.88 bits per heavy atom. The van der Waals surface area contributed by atoms with Crippen LogP contribution < -0.4 is 0 Å². The molecule has 1 aromatic heterocycles. The van der Waals surface area contributed by atoms with Gasteiger partial charge in [0.2, 0.25) is 0 Å². The zero-order valence-corrected chi connectivity index (χ0v) is 19.0. The van der Waals surface area contributed by atoms with E-state index in [1.54, 1.807) is 13.0 Å². The molecular formula is C23H30O9. The topological polar surface area (TPSA) is 118 Å². The molecule has 32 heavy (non-hydrogen) atoms. The van der Waals surface area contributed by atoms with Crippen LogP contribution in [-0.2, 0) is 38.1 Å². The van der Waals surface area contributed by atoms with Gasteiger partial charge >= 0.3 is 23.9 Å². The first-order chi connectivity index (χ1) is 15.1. The highest BCUT2D eigenvalue weighted by atomic mass is 16.5. The molecule has 1 saturated carbocycles. The molecule has 3 rings (SSSR count). The molecule has 6 atom stereocenters. The van der Waals surface area contributed by atoms with Crippen LogP contribution in [0.3, 0.4) is 0 Å². The van der Waals surface area contributed by atoms with Crippen LogP contribution in [0.4, 0.5) is 0 Å². The Morgan fingerprint density at radius 3 is 2.44 bits per heavy atom. The maximum Gasteiger partial charge on any atom is 0.310 e. The molecular weight excluding hydrogens is 420 g/mol. The summed E-state index contributed by atoms with van der Waals surface area (Å²) in [5.74, 6) is -4.51. The van der Waals surface area contributed by atoms with E-state index in [4.69, 9.17) is 23.4 Å². The summed E-state index contributed by atoms with van der Waals surface area (Å²) in [6.07, 6.45) is 3.21. The van der Waals surface area contributed by atoms with Crippen molar-refractivity contribution < 1.29 is 42.5 Å². The number of rotatable bonds is 6. The third kappa shape index (κ3) is 3.89. The first kappa shape index (κ1) is 23.8. The van der Waals surface area contributed by atoms with Crippen LogP contribution in [0.15, 0.2) is 23.0 Å². The Morgan fingerprint density at radius 1 is 1.16 bits per heavy atom. The first-order valence-electron chi connectivity index (χ1n) is 10.6. The van der Waals surface area contributed by atoms with Crippen molar-refractivity contribution in [1.29, 1.82) is 0 Å². The van der Waals surface area contributed by atoms with Crippen molar-refractivity contribution in [2.75, 3.05) is 21.3 Å². The lowest BCUT2D eigenvalue weighted by atomic mass is 9.46. The standard InChI is InChI=1S/C23H30O9/c1-22(15(19(25)29-4)10-17(24)28-3)8-6-14-20(26)32-16(13-7-9-31-12-13)11-23(14,2)18(22)21(27)30-5/h7,9,12,14-16,18H,6,8,10-11H2,1-5H3/t14-,15+,16+,18+,22+,23+/m1/s1. The Kier molecular flexibility index (Phi) is 6.67. The maximum atomic E-state index is 13.3. The predicted octanol–water partition coefficient (Wildman–Crippen LogP) is 2.83. The molecule has 176 valence electrons. The summed E-state index contributed by atoms with van der Waals surface area (Å²) >= 11 is 0. The van der Waals surface area contributed by atoms with E-state index in [9.17, 15) is 19.2 Å². The lowest BCUT2D eigenvalue weighted by Gasteiger charge is -2.57. The van der Waals surface area contributed by atoms with Gasteiger partial charge in [-0.2, -0.15) is 0 Å². The van der Waals surface area contributed by atoms with Crippen molar-refractivity contribution in [1.82, 2.24) is 0 Å². The maximum absolute atomic E-state index is 13.3. The molecule has 1 aliphatic heterocycles. The van der Waals surface area contributed by atoms with E-state index in [2.05, 4.69) is 0 Å². The third-order valence-electron chi connectivity index (χ3n) is 7.49. The SMILES string of the molecule is COC(=O)C[C@@H](C(=O)OC)[C@]1(C)CC[C@@H]2C(=O)O[C@H](c3ccoc3)C[C@]2(C)[C@H]1C(=O)OC. The fourth-order valence-corrected chi connectivity index (χ4v) is 5.85. The van der Waals surface area contributed by atoms with Gasteiger partial charge in [0.1, 0.15) is 6.10 Å². The number of hydrogen-bond donors (Lipinski definition) is 0. The molecule has 0 aromatic carbocycles. The molecule has 0 N–H and O–H groups in total. The minimum absolute atomic E-state index is 0.247. The quantitative estimate of drug-likeness (QED) is 0.476. The second-order valence-corrected chi connectivity index (χ2v) is 9.10. The predicted molar refractivity (Wildman–Crippen MR) is 109 cm³/mol. The van der Waals surface area contributed by atoms with Crippen molar-refractivity contribution >= 4 is 23.9 Å². The largest absolute Gasteiger partial charge is 0.472 e. The minimum Gasteiger partial charge on any atom is -0.472 e. The van der Waals surface area contributed by atoms with Crippen LogP contribution in [0, 0.1) is 28.6 Å². The number of carbonyl (C=O) groups is 4. The van der Waals surface area contributed by atoms with Crippen LogP contribution in [-0.4, -0.2) is 45.2 Å². The van der Waals surface area contributed by atoms with Gasteiger partial charge in [0.05, 0.1) is 58.0 Å². The molecule has 1 saturated heterocycles. The Bertz CT molecular complexity index is 876. The molecule has 2 heterocycles. The number of hydrogen-bond acceptors (Lipinski definition) is 9. The van der Waals surface area contributed by atoms with Gasteiger partial charge in [0, 0.05) is 5.56 Å². The van der Waals surface area contributed by atoms with Gasteiger partial charge in [0.15, 0.2) is 0 Å². The summed E-state index contributed by atoms with van der Waals surface area (Å²) in [6, 6.07) is 1.71. The van der Waals surface area contributed by atoms with Crippen LogP contribution >= 0.6 is 0 Å². The van der Waals surface area contributed by atoms with Gasteiger partial charge in [0.25, 0.3) is 0 Å². The van der Waals surface area contributed by atoms with Crippen LogP contribution in [0.2, 0.25) is 0 Å². The van der Waals surface area contributed by atoms with E-state index < -0.39 is 58.6 Å². The average molecular weight is 450 g/mol. The highest BCUT2D eigenvalue weighted by Crippen LogP contribution is 2.63. The Hall–Kier alpha value is -2.84. The lowest BCUT2D eigenvalue weighted by molar-refractivity contribution is -0.206. The van der Waals surface area contributed by atoms with Crippen LogP contribution in [0.1, 0.15) is 51.2 Å². The molecule has 1 aromatic rings. The van der Waals surface area contributed by atoms with Crippen molar-refractivity contribution in [2.24, 2.45) is 28.6 Å². The highest BCUT2D eigenvalue weighted by Gasteiger charge is 2.65. The second-order valence-electron chi connectivity index (χ2n) is 9.10. The van der Waals surface area contributed by atoms with Gasteiger partial charge in [-0.3, -0.25) is 19.2 Å². The summed E-state index contributed by atoms with van der Waals surface area (Å²) in [7, 11) is 3.75. The van der Waals surface area contributed by atoms with E-state index in [1.165, 1.54) is 33.9 Å². The Balaban J connectivity index is 2.10. The molecule has 9 nitrogen and oxygen atoms in total.